The zero-order valence-corrected chi connectivity index (χ0v) is 23.3. The quantitative estimate of drug-likeness (QED) is 0.108. The minimum atomic E-state index is -0.779. The molecule has 0 amide bonds. The lowest BCUT2D eigenvalue weighted by molar-refractivity contribution is -0.114. The molecule has 0 bridgehead atoms. The number of allylic oxidation sites excluding steroid dienone is 2. The van der Waals surface area contributed by atoms with Crippen molar-refractivity contribution < 1.29 is 9.53 Å². The summed E-state index contributed by atoms with van der Waals surface area (Å²) in [6.45, 7) is 3.19. The average Bonchev–Trinajstić information content (AvgIpc) is 3.04. The molecule has 0 saturated carbocycles. The van der Waals surface area contributed by atoms with Crippen molar-refractivity contribution in [2.24, 2.45) is 0 Å². The predicted octanol–water partition coefficient (Wildman–Crippen LogP) is 6.98. The Morgan fingerprint density at radius 1 is 0.878 bits per heavy atom. The van der Waals surface area contributed by atoms with E-state index in [0.29, 0.717) is 31.0 Å². The molecular weight excluding hydrogens is 508 g/mol. The van der Waals surface area contributed by atoms with Crippen LogP contribution in [-0.4, -0.2) is 35.7 Å². The van der Waals surface area contributed by atoms with Gasteiger partial charge in [0.2, 0.25) is 0 Å². The molecule has 0 unspecified atom stereocenters. The van der Waals surface area contributed by atoms with Crippen LogP contribution in [-0.2, 0) is 15.1 Å². The van der Waals surface area contributed by atoms with Crippen LogP contribution >= 0.6 is 0 Å². The van der Waals surface area contributed by atoms with Crippen LogP contribution in [0.4, 0.5) is 11.5 Å². The highest BCUT2D eigenvalue weighted by atomic mass is 16.5. The van der Waals surface area contributed by atoms with E-state index in [9.17, 15) is 4.79 Å². The van der Waals surface area contributed by atoms with E-state index in [2.05, 4.69) is 47.0 Å². The molecule has 0 spiro atoms. The highest BCUT2D eigenvalue weighted by molar-refractivity contribution is 6.15. The Hall–Kier alpha value is -4.55. The Balaban J connectivity index is 1.70. The molecule has 1 aliphatic heterocycles. The number of benzene rings is 3. The molecular formula is C35H36N4O2. The summed E-state index contributed by atoms with van der Waals surface area (Å²) >= 11 is 0. The number of hydrogen-bond acceptors (Lipinski definition) is 6. The Morgan fingerprint density at radius 3 is 1.93 bits per heavy atom. The highest BCUT2D eigenvalue weighted by Crippen LogP contribution is 2.41. The molecule has 1 aliphatic rings. The molecule has 2 heterocycles. The van der Waals surface area contributed by atoms with Gasteiger partial charge in [-0.15, -0.1) is 0 Å². The number of anilines is 2. The first kappa shape index (κ1) is 28.0. The van der Waals surface area contributed by atoms with E-state index < -0.39 is 5.54 Å². The zero-order chi connectivity index (χ0) is 28.5. The fourth-order valence-electron chi connectivity index (χ4n) is 5.34. The van der Waals surface area contributed by atoms with E-state index in [1.807, 2.05) is 67.6 Å². The zero-order valence-electron chi connectivity index (χ0n) is 23.3. The number of carbonyl (C=O) groups is 1. The summed E-state index contributed by atoms with van der Waals surface area (Å²) in [6.07, 6.45) is 6.94. The largest absolute Gasteiger partial charge is 0.381 e. The lowest BCUT2D eigenvalue weighted by Crippen LogP contribution is -2.38. The van der Waals surface area contributed by atoms with Crippen LogP contribution < -0.4 is 10.6 Å². The van der Waals surface area contributed by atoms with Crippen LogP contribution in [0.25, 0.3) is 0 Å². The molecule has 3 N–H and O–H groups in total. The van der Waals surface area contributed by atoms with Crippen molar-refractivity contribution in [3.05, 3.63) is 138 Å². The summed E-state index contributed by atoms with van der Waals surface area (Å²) in [7, 11) is 0. The Bertz CT molecular complexity index is 1380. The number of aromatic nitrogens is 1. The molecule has 0 aliphatic carbocycles. The molecule has 1 fully saturated rings. The molecule has 5 rings (SSSR count). The normalized spacial score (nSPS) is 14.1. The van der Waals surface area contributed by atoms with E-state index in [0.717, 1.165) is 35.2 Å². The summed E-state index contributed by atoms with van der Waals surface area (Å²) in [5.74, 6) is 0.586. The van der Waals surface area contributed by atoms with Gasteiger partial charge in [-0.1, -0.05) is 97.9 Å². The lowest BCUT2D eigenvalue weighted by Gasteiger charge is -2.38. The van der Waals surface area contributed by atoms with Gasteiger partial charge in [-0.3, -0.25) is 4.79 Å². The smallest absolute Gasteiger partial charge is 0.155 e. The van der Waals surface area contributed by atoms with Gasteiger partial charge in [0.1, 0.15) is 11.4 Å². The first-order valence-electron chi connectivity index (χ1n) is 14.2. The van der Waals surface area contributed by atoms with Crippen LogP contribution in [0.1, 0.15) is 48.4 Å². The number of rotatable bonds is 11. The van der Waals surface area contributed by atoms with E-state index in [4.69, 9.17) is 15.1 Å². The topological polar surface area (TPSA) is 87.1 Å². The van der Waals surface area contributed by atoms with Gasteiger partial charge < -0.3 is 20.8 Å². The van der Waals surface area contributed by atoms with Gasteiger partial charge in [0.05, 0.1) is 17.0 Å². The molecule has 1 saturated heterocycles. The molecule has 41 heavy (non-hydrogen) atoms. The van der Waals surface area contributed by atoms with Crippen LogP contribution in [0.2, 0.25) is 0 Å². The summed E-state index contributed by atoms with van der Waals surface area (Å²) < 4.78 is 5.57. The minimum absolute atomic E-state index is 0.0284. The van der Waals surface area contributed by atoms with Gasteiger partial charge >= 0.3 is 0 Å². The summed E-state index contributed by atoms with van der Waals surface area (Å²) in [4.78, 5) is 16.9. The molecule has 3 aromatic carbocycles. The number of carbonyl (C=O) groups excluding carboxylic acids is 1. The maximum atomic E-state index is 12.2. The number of ether oxygens (including phenoxy) is 1. The monoisotopic (exact) mass is 544 g/mol. The summed E-state index contributed by atoms with van der Waals surface area (Å²) in [6, 6.07) is 33.2. The number of nitrogens with one attached hydrogen (secondary N) is 3. The first-order valence-corrected chi connectivity index (χ1v) is 14.2. The average molecular weight is 545 g/mol. The van der Waals surface area contributed by atoms with Crippen molar-refractivity contribution in [3.8, 4) is 0 Å². The van der Waals surface area contributed by atoms with Crippen LogP contribution in [0.5, 0.6) is 0 Å². The van der Waals surface area contributed by atoms with Gasteiger partial charge in [0.25, 0.3) is 0 Å². The molecule has 6 nitrogen and oxygen atoms in total. The van der Waals surface area contributed by atoms with Crippen molar-refractivity contribution in [3.63, 3.8) is 0 Å². The van der Waals surface area contributed by atoms with Crippen LogP contribution in [0, 0.1) is 5.41 Å². The number of nitrogens with zero attached hydrogens (tertiary/aromatic N) is 1. The number of pyridine rings is 1. The van der Waals surface area contributed by atoms with Gasteiger partial charge in [-0.2, -0.15) is 0 Å². The second-order valence-electron chi connectivity index (χ2n) is 10.2. The van der Waals surface area contributed by atoms with E-state index in [-0.39, 0.29) is 17.5 Å². The third-order valence-corrected chi connectivity index (χ3v) is 7.51. The molecule has 208 valence electrons. The van der Waals surface area contributed by atoms with Gasteiger partial charge in [-0.25, -0.2) is 4.98 Å². The standard InChI is InChI=1S/C35H36N4O2/c1-2-30(40)18-19-31(36)33-32(20-23-37-34(33)38-29-21-24-41-25-22-29)39-35(26-12-6-3-7-13-26,27-14-8-4-9-15-27)28-16-10-5-11-17-28/h3-20,23,29,36H,2,21-22,24-25H2,1H3,(H2,37,38,39)/b19-18+,36-31?. The van der Waals surface area contributed by atoms with E-state index >= 15 is 0 Å². The van der Waals surface area contributed by atoms with E-state index in [1.165, 1.54) is 6.08 Å². The van der Waals surface area contributed by atoms with Crippen LogP contribution in [0.15, 0.2) is 115 Å². The van der Waals surface area contributed by atoms with Crippen molar-refractivity contribution >= 4 is 23.0 Å². The minimum Gasteiger partial charge on any atom is -0.381 e. The third-order valence-electron chi connectivity index (χ3n) is 7.51. The molecule has 0 radical (unpaired) electrons. The number of hydrogen-bond donors (Lipinski definition) is 3. The van der Waals surface area contributed by atoms with Crippen molar-refractivity contribution in [2.75, 3.05) is 23.8 Å². The molecule has 1 aromatic heterocycles. The Kier molecular flexibility index (Phi) is 9.02. The predicted molar refractivity (Wildman–Crippen MR) is 166 cm³/mol. The fraction of sp³-hybridized carbons (Fsp3) is 0.229. The number of ketones is 1. The lowest BCUT2D eigenvalue weighted by atomic mass is 9.76. The maximum Gasteiger partial charge on any atom is 0.155 e. The molecule has 6 heteroatoms. The van der Waals surface area contributed by atoms with Crippen molar-refractivity contribution in [1.82, 2.24) is 4.98 Å². The highest BCUT2D eigenvalue weighted by Gasteiger charge is 2.37. The summed E-state index contributed by atoms with van der Waals surface area (Å²) in [5, 5.41) is 16.6. The first-order chi connectivity index (χ1) is 20.1. The second-order valence-corrected chi connectivity index (χ2v) is 10.2. The van der Waals surface area contributed by atoms with Gasteiger partial charge in [0.15, 0.2) is 5.78 Å². The van der Waals surface area contributed by atoms with Gasteiger partial charge in [0, 0.05) is 31.9 Å². The van der Waals surface area contributed by atoms with Crippen molar-refractivity contribution in [1.29, 1.82) is 5.41 Å². The fourth-order valence-corrected chi connectivity index (χ4v) is 5.34. The Labute approximate surface area is 242 Å². The maximum absolute atomic E-state index is 12.2. The summed E-state index contributed by atoms with van der Waals surface area (Å²) in [5.41, 5.74) is 3.96. The van der Waals surface area contributed by atoms with Crippen molar-refractivity contribution in [2.45, 2.75) is 37.8 Å². The Morgan fingerprint density at radius 2 is 1.41 bits per heavy atom. The third kappa shape index (κ3) is 6.28. The molecule has 4 aromatic rings. The van der Waals surface area contributed by atoms with Gasteiger partial charge in [-0.05, 0) is 47.8 Å². The van der Waals surface area contributed by atoms with Crippen LogP contribution in [0.3, 0.4) is 0 Å². The SMILES string of the molecule is CCC(=O)/C=C/C(=N)c1c(NC(c2ccccc2)(c2ccccc2)c2ccccc2)ccnc1NC1CCOCC1. The van der Waals surface area contributed by atoms with E-state index in [1.54, 1.807) is 12.3 Å². The molecule has 0 atom stereocenters. The second kappa shape index (κ2) is 13.2.